The van der Waals surface area contributed by atoms with Crippen molar-refractivity contribution in [3.63, 3.8) is 0 Å². The Bertz CT molecular complexity index is 834. The van der Waals surface area contributed by atoms with Gasteiger partial charge >= 0.3 is 6.18 Å². The average Bonchev–Trinajstić information content (AvgIpc) is 3.01. The molecule has 0 aromatic heterocycles. The lowest BCUT2D eigenvalue weighted by Crippen LogP contribution is -2.39. The Balaban J connectivity index is 1.81. The van der Waals surface area contributed by atoms with Crippen LogP contribution in [0.25, 0.3) is 11.1 Å². The maximum absolute atomic E-state index is 13.4. The second-order valence-electron chi connectivity index (χ2n) is 6.82. The number of carbonyl (C=O) groups is 1. The summed E-state index contributed by atoms with van der Waals surface area (Å²) >= 11 is 0. The van der Waals surface area contributed by atoms with Crippen molar-refractivity contribution in [2.45, 2.75) is 18.7 Å². The number of hydrogen-bond donors (Lipinski definition) is 1. The van der Waals surface area contributed by atoms with Crippen molar-refractivity contribution >= 4 is 5.91 Å². The summed E-state index contributed by atoms with van der Waals surface area (Å²) in [6, 6.07) is 10.7. The van der Waals surface area contributed by atoms with E-state index in [0.29, 0.717) is 24.3 Å². The van der Waals surface area contributed by atoms with Crippen molar-refractivity contribution in [3.05, 3.63) is 53.6 Å². The highest BCUT2D eigenvalue weighted by Gasteiger charge is 2.35. The molecule has 0 radical (unpaired) electrons. The van der Waals surface area contributed by atoms with Crippen LogP contribution in [0.1, 0.15) is 11.1 Å². The van der Waals surface area contributed by atoms with Gasteiger partial charge in [0.15, 0.2) is 0 Å². The van der Waals surface area contributed by atoms with E-state index in [1.54, 1.807) is 37.2 Å². The largest absolute Gasteiger partial charge is 0.487 e. The molecule has 0 unspecified atom stereocenters. The molecule has 1 aliphatic rings. The van der Waals surface area contributed by atoms with E-state index in [1.807, 2.05) is 6.07 Å². The third-order valence-corrected chi connectivity index (χ3v) is 4.34. The minimum atomic E-state index is -4.45. The molecule has 144 valence electrons. The number of alkyl halides is 3. The minimum Gasteiger partial charge on any atom is -0.487 e. The fourth-order valence-corrected chi connectivity index (χ4v) is 3.20. The smallest absolute Gasteiger partial charge is 0.417 e. The molecule has 0 spiro atoms. The highest BCUT2D eigenvalue weighted by molar-refractivity contribution is 5.78. The molecule has 2 aromatic carbocycles. The molecule has 4 nitrogen and oxygen atoms in total. The number of nitrogens with zero attached hydrogens (tertiary/aromatic N) is 1. The minimum absolute atomic E-state index is 0.0964. The predicted octanol–water partition coefficient (Wildman–Crippen LogP) is 3.35. The van der Waals surface area contributed by atoms with Crippen molar-refractivity contribution in [2.24, 2.45) is 0 Å². The summed E-state index contributed by atoms with van der Waals surface area (Å²) < 4.78 is 46.1. The van der Waals surface area contributed by atoms with E-state index < -0.39 is 11.7 Å². The van der Waals surface area contributed by atoms with E-state index in [-0.39, 0.29) is 24.1 Å². The number of amides is 1. The maximum atomic E-state index is 13.4. The second kappa shape index (κ2) is 7.60. The topological polar surface area (TPSA) is 41.6 Å². The van der Waals surface area contributed by atoms with Gasteiger partial charge in [0.25, 0.3) is 0 Å². The molecule has 7 heteroatoms. The maximum Gasteiger partial charge on any atom is 0.417 e. The van der Waals surface area contributed by atoms with Gasteiger partial charge in [-0.3, -0.25) is 4.79 Å². The molecule has 27 heavy (non-hydrogen) atoms. The van der Waals surface area contributed by atoms with E-state index in [1.165, 1.54) is 12.1 Å². The van der Waals surface area contributed by atoms with Crippen molar-refractivity contribution < 1.29 is 22.7 Å². The molecule has 0 fully saturated rings. The zero-order chi connectivity index (χ0) is 19.6. The Labute approximate surface area is 155 Å². The summed E-state index contributed by atoms with van der Waals surface area (Å²) in [6.07, 6.45) is -4.21. The fraction of sp³-hybridized carbons (Fsp3) is 0.350. The Morgan fingerprint density at radius 3 is 2.56 bits per heavy atom. The summed E-state index contributed by atoms with van der Waals surface area (Å²) in [5.74, 6) is 0.336. The summed E-state index contributed by atoms with van der Waals surface area (Å²) in [4.78, 5) is 13.5. The van der Waals surface area contributed by atoms with Crippen molar-refractivity contribution in [3.8, 4) is 16.9 Å². The lowest BCUT2D eigenvalue weighted by atomic mass is 9.96. The molecule has 1 aliphatic heterocycles. The van der Waals surface area contributed by atoms with Crippen LogP contribution in [0.3, 0.4) is 0 Å². The molecular weight excluding hydrogens is 357 g/mol. The molecule has 3 rings (SSSR count). The van der Waals surface area contributed by atoms with Crippen molar-refractivity contribution in [1.82, 2.24) is 10.2 Å². The zero-order valence-electron chi connectivity index (χ0n) is 15.1. The summed E-state index contributed by atoms with van der Waals surface area (Å²) in [6.45, 7) is 0.575. The monoisotopic (exact) mass is 378 g/mol. The fourth-order valence-electron chi connectivity index (χ4n) is 3.20. The Morgan fingerprint density at radius 1 is 1.15 bits per heavy atom. The van der Waals surface area contributed by atoms with E-state index in [0.717, 1.165) is 11.6 Å². The van der Waals surface area contributed by atoms with Crippen LogP contribution < -0.4 is 10.1 Å². The zero-order valence-corrected chi connectivity index (χ0v) is 15.1. The molecular formula is C20H21F3N2O2. The molecule has 1 N–H and O–H groups in total. The van der Waals surface area contributed by atoms with Crippen LogP contribution >= 0.6 is 0 Å². The standard InChI is InChI=1S/C20H21F3N2O2/c1-25(2)12-18(26)24-11-14-10-13-6-5-8-16(19(13)27-14)15-7-3-4-9-17(15)20(21,22)23/h3-9,14H,10-12H2,1-2H3,(H,24,26)/t14-/m0/s1. The SMILES string of the molecule is CN(C)CC(=O)NC[C@@H]1Cc2cccc(-c3ccccc3C(F)(F)F)c2O1. The lowest BCUT2D eigenvalue weighted by molar-refractivity contribution is -0.137. The molecule has 0 bridgehead atoms. The Morgan fingerprint density at radius 2 is 1.85 bits per heavy atom. The average molecular weight is 378 g/mol. The number of benzene rings is 2. The van der Waals surface area contributed by atoms with Crippen LogP contribution in [0.15, 0.2) is 42.5 Å². The van der Waals surface area contributed by atoms with E-state index in [9.17, 15) is 18.0 Å². The number of para-hydroxylation sites is 1. The number of halogens is 3. The lowest BCUT2D eigenvalue weighted by Gasteiger charge is -2.17. The molecule has 1 heterocycles. The van der Waals surface area contributed by atoms with Crippen LogP contribution in [-0.2, 0) is 17.4 Å². The van der Waals surface area contributed by atoms with E-state index in [4.69, 9.17) is 4.74 Å². The van der Waals surface area contributed by atoms with Gasteiger partial charge in [-0.05, 0) is 31.3 Å². The number of nitrogens with one attached hydrogen (secondary N) is 1. The van der Waals surface area contributed by atoms with Crippen LogP contribution in [0.5, 0.6) is 5.75 Å². The van der Waals surface area contributed by atoms with Crippen LogP contribution in [0, 0.1) is 0 Å². The van der Waals surface area contributed by atoms with Gasteiger partial charge in [0, 0.05) is 12.0 Å². The van der Waals surface area contributed by atoms with Gasteiger partial charge in [-0.1, -0.05) is 36.4 Å². The number of hydrogen-bond acceptors (Lipinski definition) is 3. The first kappa shape index (κ1) is 19.2. The Kier molecular flexibility index (Phi) is 5.41. The predicted molar refractivity (Wildman–Crippen MR) is 96.6 cm³/mol. The number of carbonyl (C=O) groups excluding carboxylic acids is 1. The summed E-state index contributed by atoms with van der Waals surface area (Å²) in [5.41, 5.74) is 0.669. The van der Waals surface area contributed by atoms with Crippen LogP contribution in [0.2, 0.25) is 0 Å². The molecule has 0 saturated carbocycles. The molecule has 0 aliphatic carbocycles. The van der Waals surface area contributed by atoms with Crippen LogP contribution in [-0.4, -0.2) is 44.1 Å². The van der Waals surface area contributed by atoms with Gasteiger partial charge in [-0.15, -0.1) is 0 Å². The number of likely N-dealkylation sites (N-methyl/N-ethyl adjacent to an activating group) is 1. The third kappa shape index (κ3) is 4.42. The second-order valence-corrected chi connectivity index (χ2v) is 6.82. The van der Waals surface area contributed by atoms with Gasteiger partial charge in [0.2, 0.25) is 5.91 Å². The first-order valence-corrected chi connectivity index (χ1v) is 8.62. The molecule has 0 saturated heterocycles. The first-order chi connectivity index (χ1) is 12.8. The molecule has 1 amide bonds. The first-order valence-electron chi connectivity index (χ1n) is 8.62. The number of fused-ring (bicyclic) bond motifs is 1. The van der Waals surface area contributed by atoms with E-state index >= 15 is 0 Å². The van der Waals surface area contributed by atoms with Gasteiger partial charge in [-0.2, -0.15) is 13.2 Å². The number of rotatable bonds is 5. The van der Waals surface area contributed by atoms with E-state index in [2.05, 4.69) is 5.32 Å². The van der Waals surface area contributed by atoms with Crippen molar-refractivity contribution in [2.75, 3.05) is 27.2 Å². The van der Waals surface area contributed by atoms with Gasteiger partial charge in [0.05, 0.1) is 18.7 Å². The summed E-state index contributed by atoms with van der Waals surface area (Å²) in [7, 11) is 3.59. The van der Waals surface area contributed by atoms with Gasteiger partial charge in [0.1, 0.15) is 11.9 Å². The summed E-state index contributed by atoms with van der Waals surface area (Å²) in [5, 5.41) is 2.80. The Hall–Kier alpha value is -2.54. The highest BCUT2D eigenvalue weighted by atomic mass is 19.4. The van der Waals surface area contributed by atoms with Crippen molar-refractivity contribution in [1.29, 1.82) is 0 Å². The van der Waals surface area contributed by atoms with Crippen LogP contribution in [0.4, 0.5) is 13.2 Å². The molecule has 1 atom stereocenters. The quantitative estimate of drug-likeness (QED) is 0.868. The normalized spacial score (nSPS) is 16.1. The highest BCUT2D eigenvalue weighted by Crippen LogP contribution is 2.43. The third-order valence-electron chi connectivity index (χ3n) is 4.34. The van der Waals surface area contributed by atoms with Gasteiger partial charge in [-0.25, -0.2) is 0 Å². The van der Waals surface area contributed by atoms with Gasteiger partial charge < -0.3 is 15.0 Å². The number of ether oxygens (including phenoxy) is 1. The molecule has 2 aromatic rings.